The third kappa shape index (κ3) is 5.60. The minimum absolute atomic E-state index is 0.123. The fraction of sp³-hybridized carbons (Fsp3) is 0.316. The van der Waals surface area contributed by atoms with Gasteiger partial charge in [0.2, 0.25) is 5.91 Å². The predicted octanol–water partition coefficient (Wildman–Crippen LogP) is 3.47. The van der Waals surface area contributed by atoms with Crippen molar-refractivity contribution in [3.63, 3.8) is 0 Å². The minimum atomic E-state index is -0.123. The summed E-state index contributed by atoms with van der Waals surface area (Å²) in [7, 11) is 1.56. The summed E-state index contributed by atoms with van der Waals surface area (Å²) in [6.45, 7) is 2.92. The van der Waals surface area contributed by atoms with Crippen LogP contribution >= 0.6 is 0 Å². The number of para-hydroxylation sites is 2. The van der Waals surface area contributed by atoms with Crippen LogP contribution in [0, 0.1) is 0 Å². The van der Waals surface area contributed by atoms with Crippen LogP contribution in [0.3, 0.4) is 0 Å². The lowest BCUT2D eigenvalue weighted by atomic mass is 10.2. The van der Waals surface area contributed by atoms with E-state index in [4.69, 9.17) is 19.9 Å². The lowest BCUT2D eigenvalue weighted by Gasteiger charge is -2.12. The first-order valence-corrected chi connectivity index (χ1v) is 8.22. The molecule has 0 spiro atoms. The Bertz CT molecular complexity index is 704. The summed E-state index contributed by atoms with van der Waals surface area (Å²) in [5.74, 6) is 1.91. The van der Waals surface area contributed by atoms with Crippen molar-refractivity contribution in [2.45, 2.75) is 19.8 Å². The van der Waals surface area contributed by atoms with Crippen LogP contribution in [0.25, 0.3) is 0 Å². The van der Waals surface area contributed by atoms with Gasteiger partial charge in [0.25, 0.3) is 0 Å². The van der Waals surface area contributed by atoms with Gasteiger partial charge in [0.15, 0.2) is 11.5 Å². The summed E-state index contributed by atoms with van der Waals surface area (Å²) < 4.78 is 16.3. The largest absolute Gasteiger partial charge is 0.497 e. The fourth-order valence-electron chi connectivity index (χ4n) is 2.24. The maximum atomic E-state index is 12.1. The Labute approximate surface area is 147 Å². The van der Waals surface area contributed by atoms with Crippen LogP contribution in [-0.4, -0.2) is 26.2 Å². The number of carbonyl (C=O) groups excluding carboxylic acids is 1. The molecule has 0 bridgehead atoms. The van der Waals surface area contributed by atoms with E-state index in [0.29, 0.717) is 54.7 Å². The van der Waals surface area contributed by atoms with Crippen molar-refractivity contribution in [2.24, 2.45) is 0 Å². The van der Waals surface area contributed by atoms with Gasteiger partial charge in [0, 0.05) is 12.5 Å². The third-order valence-electron chi connectivity index (χ3n) is 3.49. The van der Waals surface area contributed by atoms with Crippen molar-refractivity contribution in [1.29, 1.82) is 0 Å². The maximum Gasteiger partial charge on any atom is 0.224 e. The van der Waals surface area contributed by atoms with Gasteiger partial charge in [-0.25, -0.2) is 0 Å². The summed E-state index contributed by atoms with van der Waals surface area (Å²) in [6.07, 6.45) is 0.906. The minimum Gasteiger partial charge on any atom is -0.497 e. The van der Waals surface area contributed by atoms with Crippen LogP contribution < -0.4 is 25.3 Å². The molecule has 0 unspecified atom stereocenters. The van der Waals surface area contributed by atoms with E-state index in [2.05, 4.69) is 5.32 Å². The summed E-state index contributed by atoms with van der Waals surface area (Å²) >= 11 is 0. The molecule has 0 atom stereocenters. The molecule has 0 aliphatic heterocycles. The molecule has 0 saturated carbocycles. The van der Waals surface area contributed by atoms with Crippen LogP contribution in [-0.2, 0) is 4.79 Å². The lowest BCUT2D eigenvalue weighted by molar-refractivity contribution is -0.116. The highest BCUT2D eigenvalue weighted by molar-refractivity contribution is 5.94. The molecule has 0 aliphatic rings. The molecule has 3 N–H and O–H groups in total. The molecule has 2 rings (SSSR count). The smallest absolute Gasteiger partial charge is 0.224 e. The Hall–Kier alpha value is -2.89. The van der Waals surface area contributed by atoms with E-state index in [9.17, 15) is 4.79 Å². The van der Waals surface area contributed by atoms with Crippen LogP contribution in [0.2, 0.25) is 0 Å². The number of anilines is 2. The van der Waals surface area contributed by atoms with Crippen molar-refractivity contribution in [3.8, 4) is 17.2 Å². The molecular formula is C19H24N2O4. The highest BCUT2D eigenvalue weighted by Crippen LogP contribution is 2.27. The number of methoxy groups -OCH3 is 1. The standard InChI is InChI=1S/C19H24N2O4/c1-3-24-17-7-4-5-8-18(17)25-12-6-9-19(22)21-16-13-14(23-2)10-11-15(16)20/h4-5,7-8,10-11,13H,3,6,9,12,20H2,1-2H3,(H,21,22). The molecule has 0 fully saturated rings. The van der Waals surface area contributed by atoms with E-state index in [-0.39, 0.29) is 5.91 Å². The van der Waals surface area contributed by atoms with Crippen molar-refractivity contribution in [1.82, 2.24) is 0 Å². The van der Waals surface area contributed by atoms with Gasteiger partial charge >= 0.3 is 0 Å². The lowest BCUT2D eigenvalue weighted by Crippen LogP contribution is -2.14. The number of nitrogens with one attached hydrogen (secondary N) is 1. The zero-order valence-corrected chi connectivity index (χ0v) is 14.6. The molecule has 0 saturated heterocycles. The Morgan fingerprint density at radius 2 is 1.84 bits per heavy atom. The van der Waals surface area contributed by atoms with Gasteiger partial charge in [0.1, 0.15) is 5.75 Å². The average molecular weight is 344 g/mol. The second-order valence-electron chi connectivity index (χ2n) is 5.33. The van der Waals surface area contributed by atoms with E-state index < -0.39 is 0 Å². The summed E-state index contributed by atoms with van der Waals surface area (Å²) in [4.78, 5) is 12.1. The summed E-state index contributed by atoms with van der Waals surface area (Å²) in [5, 5.41) is 2.79. The molecular weight excluding hydrogens is 320 g/mol. The number of amides is 1. The van der Waals surface area contributed by atoms with Gasteiger partial charge in [-0.15, -0.1) is 0 Å². The van der Waals surface area contributed by atoms with E-state index in [0.717, 1.165) is 0 Å². The number of hydrogen-bond acceptors (Lipinski definition) is 5. The molecule has 25 heavy (non-hydrogen) atoms. The van der Waals surface area contributed by atoms with E-state index >= 15 is 0 Å². The van der Waals surface area contributed by atoms with Crippen molar-refractivity contribution in [2.75, 3.05) is 31.4 Å². The predicted molar refractivity (Wildman–Crippen MR) is 98.4 cm³/mol. The second-order valence-corrected chi connectivity index (χ2v) is 5.33. The first kappa shape index (κ1) is 18.4. The Kier molecular flexibility index (Phi) is 6.95. The van der Waals surface area contributed by atoms with E-state index in [1.54, 1.807) is 25.3 Å². The maximum absolute atomic E-state index is 12.1. The molecule has 0 radical (unpaired) electrons. The number of benzene rings is 2. The molecule has 0 aliphatic carbocycles. The van der Waals surface area contributed by atoms with Crippen molar-refractivity contribution < 1.29 is 19.0 Å². The molecule has 1 amide bonds. The third-order valence-corrected chi connectivity index (χ3v) is 3.49. The quantitative estimate of drug-likeness (QED) is 0.537. The topological polar surface area (TPSA) is 82.8 Å². The van der Waals surface area contributed by atoms with Gasteiger partial charge in [-0.1, -0.05) is 12.1 Å². The first-order chi connectivity index (χ1) is 12.1. The molecule has 6 nitrogen and oxygen atoms in total. The molecule has 2 aromatic rings. The monoisotopic (exact) mass is 344 g/mol. The number of nitrogens with two attached hydrogens (primary N) is 1. The number of carbonyl (C=O) groups is 1. The van der Waals surface area contributed by atoms with Gasteiger partial charge in [-0.2, -0.15) is 0 Å². The second kappa shape index (κ2) is 9.42. The van der Waals surface area contributed by atoms with E-state index in [1.807, 2.05) is 31.2 Å². The highest BCUT2D eigenvalue weighted by Gasteiger charge is 2.08. The molecule has 6 heteroatoms. The van der Waals surface area contributed by atoms with Gasteiger partial charge < -0.3 is 25.3 Å². The van der Waals surface area contributed by atoms with Gasteiger partial charge in [-0.05, 0) is 37.6 Å². The zero-order chi connectivity index (χ0) is 18.1. The molecule has 0 heterocycles. The number of ether oxygens (including phenoxy) is 3. The van der Waals surface area contributed by atoms with Crippen LogP contribution in [0.15, 0.2) is 42.5 Å². The Morgan fingerprint density at radius 3 is 2.52 bits per heavy atom. The number of rotatable bonds is 9. The number of nitrogen functional groups attached to an aromatic ring is 1. The zero-order valence-electron chi connectivity index (χ0n) is 14.6. The van der Waals surface area contributed by atoms with Crippen LogP contribution in [0.5, 0.6) is 17.2 Å². The SMILES string of the molecule is CCOc1ccccc1OCCCC(=O)Nc1cc(OC)ccc1N. The molecule has 2 aromatic carbocycles. The van der Waals surface area contributed by atoms with Crippen molar-refractivity contribution in [3.05, 3.63) is 42.5 Å². The fourth-order valence-corrected chi connectivity index (χ4v) is 2.24. The Morgan fingerprint density at radius 1 is 1.12 bits per heavy atom. The normalized spacial score (nSPS) is 10.2. The van der Waals surface area contributed by atoms with Crippen molar-refractivity contribution >= 4 is 17.3 Å². The molecule has 0 aromatic heterocycles. The van der Waals surface area contributed by atoms with Gasteiger partial charge in [-0.3, -0.25) is 4.79 Å². The average Bonchev–Trinajstić information content (AvgIpc) is 2.62. The summed E-state index contributed by atoms with van der Waals surface area (Å²) in [6, 6.07) is 12.6. The van der Waals surface area contributed by atoms with E-state index in [1.165, 1.54) is 0 Å². The van der Waals surface area contributed by atoms with Gasteiger partial charge in [0.05, 0.1) is 31.7 Å². The first-order valence-electron chi connectivity index (χ1n) is 8.22. The Balaban J connectivity index is 1.79. The molecule has 134 valence electrons. The highest BCUT2D eigenvalue weighted by atomic mass is 16.5. The number of hydrogen-bond donors (Lipinski definition) is 2. The summed E-state index contributed by atoms with van der Waals surface area (Å²) in [5.41, 5.74) is 6.90. The van der Waals surface area contributed by atoms with Crippen LogP contribution in [0.1, 0.15) is 19.8 Å². The van der Waals surface area contributed by atoms with Crippen LogP contribution in [0.4, 0.5) is 11.4 Å².